The maximum absolute atomic E-state index is 9.56. The van der Waals surface area contributed by atoms with Gasteiger partial charge in [0.15, 0.2) is 0 Å². The standard InChI is InChI=1S/C17H19BrO3/c1-12(19)14-5-8-17(16(18)11-14)21-15-6-3-13(4-7-15)9-10-20-2/h3-8,11-12,19H,9-10H2,1-2H3/t12-/m1/s1. The van der Waals surface area contributed by atoms with Crippen LogP contribution in [0.1, 0.15) is 24.2 Å². The molecule has 112 valence electrons. The third kappa shape index (κ3) is 4.56. The highest BCUT2D eigenvalue weighted by Gasteiger charge is 2.07. The first-order chi connectivity index (χ1) is 10.1. The summed E-state index contributed by atoms with van der Waals surface area (Å²) in [5, 5.41) is 9.56. The highest BCUT2D eigenvalue weighted by Crippen LogP contribution is 2.32. The molecule has 0 saturated carbocycles. The van der Waals surface area contributed by atoms with Crippen LogP contribution < -0.4 is 4.74 Å². The van der Waals surface area contributed by atoms with Crippen LogP contribution in [0.25, 0.3) is 0 Å². The van der Waals surface area contributed by atoms with Gasteiger partial charge in [0.05, 0.1) is 17.2 Å². The number of hydrogen-bond donors (Lipinski definition) is 1. The summed E-state index contributed by atoms with van der Waals surface area (Å²) in [5.41, 5.74) is 2.07. The average molecular weight is 351 g/mol. The molecular weight excluding hydrogens is 332 g/mol. The fraction of sp³-hybridized carbons (Fsp3) is 0.294. The Morgan fingerprint density at radius 1 is 1.14 bits per heavy atom. The van der Waals surface area contributed by atoms with Crippen molar-refractivity contribution in [3.05, 3.63) is 58.1 Å². The van der Waals surface area contributed by atoms with Crippen LogP contribution in [-0.4, -0.2) is 18.8 Å². The highest BCUT2D eigenvalue weighted by molar-refractivity contribution is 9.10. The van der Waals surface area contributed by atoms with Gasteiger partial charge in [0.25, 0.3) is 0 Å². The minimum Gasteiger partial charge on any atom is -0.456 e. The molecule has 4 heteroatoms. The van der Waals surface area contributed by atoms with Gasteiger partial charge in [-0.2, -0.15) is 0 Å². The average Bonchev–Trinajstić information content (AvgIpc) is 2.48. The van der Waals surface area contributed by atoms with Crippen LogP contribution in [0.15, 0.2) is 46.9 Å². The van der Waals surface area contributed by atoms with E-state index in [-0.39, 0.29) is 0 Å². The lowest BCUT2D eigenvalue weighted by molar-refractivity contribution is 0.199. The zero-order valence-corrected chi connectivity index (χ0v) is 13.8. The van der Waals surface area contributed by atoms with Crippen LogP contribution in [0.2, 0.25) is 0 Å². The Balaban J connectivity index is 2.07. The first-order valence-electron chi connectivity index (χ1n) is 6.83. The van der Waals surface area contributed by atoms with Gasteiger partial charge in [-0.15, -0.1) is 0 Å². The molecule has 0 unspecified atom stereocenters. The molecule has 0 aliphatic heterocycles. The van der Waals surface area contributed by atoms with Gasteiger partial charge < -0.3 is 14.6 Å². The molecule has 21 heavy (non-hydrogen) atoms. The van der Waals surface area contributed by atoms with Crippen molar-refractivity contribution in [2.24, 2.45) is 0 Å². The predicted molar refractivity (Wildman–Crippen MR) is 86.9 cm³/mol. The molecule has 0 saturated heterocycles. The molecule has 0 bridgehead atoms. The van der Waals surface area contributed by atoms with Crippen molar-refractivity contribution in [3.63, 3.8) is 0 Å². The Labute approximate surface area is 133 Å². The topological polar surface area (TPSA) is 38.7 Å². The molecule has 0 aliphatic rings. The van der Waals surface area contributed by atoms with Crippen LogP contribution >= 0.6 is 15.9 Å². The SMILES string of the molecule is COCCc1ccc(Oc2ccc([C@@H](C)O)cc2Br)cc1. The molecule has 0 amide bonds. The molecule has 0 radical (unpaired) electrons. The van der Waals surface area contributed by atoms with Gasteiger partial charge in [0.2, 0.25) is 0 Å². The summed E-state index contributed by atoms with van der Waals surface area (Å²) in [4.78, 5) is 0. The number of aliphatic hydroxyl groups is 1. The van der Waals surface area contributed by atoms with Crippen LogP contribution in [-0.2, 0) is 11.2 Å². The molecule has 2 aromatic carbocycles. The normalized spacial score (nSPS) is 12.2. The third-order valence-electron chi connectivity index (χ3n) is 3.18. The van der Waals surface area contributed by atoms with E-state index >= 15 is 0 Å². The second-order valence-electron chi connectivity index (χ2n) is 4.85. The smallest absolute Gasteiger partial charge is 0.141 e. The number of ether oxygens (including phenoxy) is 2. The van der Waals surface area contributed by atoms with Crippen LogP contribution in [0.4, 0.5) is 0 Å². The first-order valence-corrected chi connectivity index (χ1v) is 7.62. The largest absolute Gasteiger partial charge is 0.456 e. The first kappa shape index (κ1) is 16.0. The lowest BCUT2D eigenvalue weighted by atomic mass is 10.1. The Bertz CT molecular complexity index is 579. The van der Waals surface area contributed by atoms with Gasteiger partial charge in [-0.1, -0.05) is 18.2 Å². The number of rotatable bonds is 6. The third-order valence-corrected chi connectivity index (χ3v) is 3.80. The zero-order valence-electron chi connectivity index (χ0n) is 12.2. The molecule has 2 aromatic rings. The van der Waals surface area contributed by atoms with Gasteiger partial charge in [-0.25, -0.2) is 0 Å². The van der Waals surface area contributed by atoms with E-state index < -0.39 is 6.10 Å². The molecule has 0 heterocycles. The van der Waals surface area contributed by atoms with Crippen molar-refractivity contribution < 1.29 is 14.6 Å². The van der Waals surface area contributed by atoms with Crippen molar-refractivity contribution in [1.82, 2.24) is 0 Å². The Hall–Kier alpha value is -1.36. The predicted octanol–water partition coefficient (Wildman–Crippen LogP) is 4.48. The summed E-state index contributed by atoms with van der Waals surface area (Å²) >= 11 is 3.47. The Morgan fingerprint density at radius 2 is 1.86 bits per heavy atom. The van der Waals surface area contributed by atoms with Gasteiger partial charge in [-0.3, -0.25) is 0 Å². The van der Waals surface area contributed by atoms with Crippen molar-refractivity contribution in [1.29, 1.82) is 0 Å². The quantitative estimate of drug-likeness (QED) is 0.834. The molecule has 3 nitrogen and oxygen atoms in total. The molecule has 1 N–H and O–H groups in total. The molecule has 0 spiro atoms. The summed E-state index contributed by atoms with van der Waals surface area (Å²) in [6, 6.07) is 13.5. The second kappa shape index (κ2) is 7.59. The number of benzene rings is 2. The van der Waals surface area contributed by atoms with Crippen LogP contribution in [0, 0.1) is 0 Å². The van der Waals surface area contributed by atoms with Gasteiger partial charge in [-0.05, 0) is 64.7 Å². The minimum absolute atomic E-state index is 0.490. The number of hydrogen-bond acceptors (Lipinski definition) is 3. The maximum Gasteiger partial charge on any atom is 0.141 e. The summed E-state index contributed by atoms with van der Waals surface area (Å²) in [7, 11) is 1.70. The van der Waals surface area contributed by atoms with Gasteiger partial charge in [0, 0.05) is 7.11 Å². The van der Waals surface area contributed by atoms with Crippen LogP contribution in [0.3, 0.4) is 0 Å². The van der Waals surface area contributed by atoms with E-state index in [9.17, 15) is 5.11 Å². The van der Waals surface area contributed by atoms with Crippen molar-refractivity contribution >= 4 is 15.9 Å². The molecule has 0 fully saturated rings. The van der Waals surface area contributed by atoms with Crippen molar-refractivity contribution in [2.45, 2.75) is 19.4 Å². The molecular formula is C17H19BrO3. The van der Waals surface area contributed by atoms with E-state index in [2.05, 4.69) is 15.9 Å². The van der Waals surface area contributed by atoms with Gasteiger partial charge in [0.1, 0.15) is 11.5 Å². The van der Waals surface area contributed by atoms with Crippen LogP contribution in [0.5, 0.6) is 11.5 Å². The number of methoxy groups -OCH3 is 1. The Morgan fingerprint density at radius 3 is 2.43 bits per heavy atom. The monoisotopic (exact) mass is 350 g/mol. The highest BCUT2D eigenvalue weighted by atomic mass is 79.9. The molecule has 1 atom stereocenters. The molecule has 2 rings (SSSR count). The van der Waals surface area contributed by atoms with Crippen molar-refractivity contribution in [3.8, 4) is 11.5 Å². The maximum atomic E-state index is 9.56. The summed E-state index contributed by atoms with van der Waals surface area (Å²) in [6.45, 7) is 2.45. The van der Waals surface area contributed by atoms with E-state index in [4.69, 9.17) is 9.47 Å². The molecule has 0 aromatic heterocycles. The van der Waals surface area contributed by atoms with Crippen molar-refractivity contribution in [2.75, 3.05) is 13.7 Å². The van der Waals surface area contributed by atoms with Gasteiger partial charge >= 0.3 is 0 Å². The lowest BCUT2D eigenvalue weighted by Gasteiger charge is -2.11. The second-order valence-corrected chi connectivity index (χ2v) is 5.71. The zero-order chi connectivity index (χ0) is 15.2. The van der Waals surface area contributed by atoms with E-state index in [0.29, 0.717) is 6.61 Å². The minimum atomic E-state index is -0.490. The van der Waals surface area contributed by atoms with E-state index in [0.717, 1.165) is 28.0 Å². The summed E-state index contributed by atoms with van der Waals surface area (Å²) in [6.07, 6.45) is 0.402. The number of halogens is 1. The fourth-order valence-corrected chi connectivity index (χ4v) is 2.41. The summed E-state index contributed by atoms with van der Waals surface area (Å²) in [5.74, 6) is 1.51. The van der Waals surface area contributed by atoms with E-state index in [1.807, 2.05) is 42.5 Å². The lowest BCUT2D eigenvalue weighted by Crippen LogP contribution is -1.94. The number of aliphatic hydroxyl groups excluding tert-OH is 1. The Kier molecular flexibility index (Phi) is 5.79. The van der Waals surface area contributed by atoms with E-state index in [1.165, 1.54) is 5.56 Å². The fourth-order valence-electron chi connectivity index (χ4n) is 1.93. The summed E-state index contributed by atoms with van der Waals surface area (Å²) < 4.78 is 11.7. The molecule has 0 aliphatic carbocycles. The van der Waals surface area contributed by atoms with E-state index in [1.54, 1.807) is 14.0 Å².